The fourth-order valence-electron chi connectivity index (χ4n) is 3.63. The van der Waals surface area contributed by atoms with Gasteiger partial charge in [0.05, 0.1) is 0 Å². The first-order valence-electron chi connectivity index (χ1n) is 10.0. The Bertz CT molecular complexity index is 895. The summed E-state index contributed by atoms with van der Waals surface area (Å²) >= 11 is 1.69. The van der Waals surface area contributed by atoms with Gasteiger partial charge in [0.1, 0.15) is 17.9 Å². The van der Waals surface area contributed by atoms with Crippen LogP contribution < -0.4 is 10.1 Å². The number of ether oxygens (including phenoxy) is 1. The Morgan fingerprint density at radius 1 is 1.41 bits per heavy atom. The number of halogens is 2. The van der Waals surface area contributed by atoms with Gasteiger partial charge in [-0.2, -0.15) is 4.98 Å². The van der Waals surface area contributed by atoms with E-state index in [1.165, 1.54) is 0 Å². The number of nitrogens with zero attached hydrogens (tertiary/aromatic N) is 2. The van der Waals surface area contributed by atoms with Crippen LogP contribution in [0.15, 0.2) is 22.7 Å². The van der Waals surface area contributed by atoms with Crippen molar-refractivity contribution in [2.45, 2.75) is 61.6 Å². The van der Waals surface area contributed by atoms with Gasteiger partial charge in [-0.25, -0.2) is 4.39 Å². The quantitative estimate of drug-likeness (QED) is 0.385. The number of alkyl halides is 2. The maximum absolute atomic E-state index is 13.3. The van der Waals surface area contributed by atoms with Crippen molar-refractivity contribution < 1.29 is 18.4 Å². The van der Waals surface area contributed by atoms with E-state index in [4.69, 9.17) is 9.26 Å². The van der Waals surface area contributed by atoms with Gasteiger partial charge in [-0.1, -0.05) is 24.1 Å². The summed E-state index contributed by atoms with van der Waals surface area (Å²) in [6.45, 7) is 3.64. The van der Waals surface area contributed by atoms with Gasteiger partial charge in [0.15, 0.2) is 10.0 Å². The lowest BCUT2D eigenvalue weighted by molar-refractivity contribution is 0.0889. The Balaban J connectivity index is 1.56. The Morgan fingerprint density at radius 2 is 2.17 bits per heavy atom. The van der Waals surface area contributed by atoms with Crippen LogP contribution in [0.1, 0.15) is 72.6 Å². The number of nitrogens with one attached hydrogen (secondary N) is 1. The first-order chi connectivity index (χ1) is 13.8. The second-order valence-electron chi connectivity index (χ2n) is 8.30. The van der Waals surface area contributed by atoms with E-state index in [-0.39, 0.29) is 12.5 Å². The number of carbonyl (C=O) groups is 1. The summed E-state index contributed by atoms with van der Waals surface area (Å²) in [5.41, 5.74) is 0.821. The zero-order valence-corrected chi connectivity index (χ0v) is 18.7. The number of aromatic nitrogens is 2. The van der Waals surface area contributed by atoms with E-state index in [0.29, 0.717) is 34.9 Å². The molecule has 6 nitrogen and oxygen atoms in total. The molecule has 1 heterocycles. The molecule has 29 heavy (non-hydrogen) atoms. The topological polar surface area (TPSA) is 77.2 Å². The molecule has 2 aliphatic rings. The smallest absolute Gasteiger partial charge is 0.252 e. The summed E-state index contributed by atoms with van der Waals surface area (Å²) < 4.78 is 23.0. The number of carbonyl (C=O) groups excluding carboxylic acids is 1. The molecule has 2 fully saturated rings. The molecule has 1 aromatic carbocycles. The summed E-state index contributed by atoms with van der Waals surface area (Å²) in [5, 5.41) is 7.17. The molecule has 0 saturated heterocycles. The van der Waals surface area contributed by atoms with E-state index in [9.17, 15) is 9.18 Å². The van der Waals surface area contributed by atoms with Gasteiger partial charge in [-0.3, -0.25) is 4.79 Å². The fourth-order valence-corrected chi connectivity index (χ4v) is 3.81. The van der Waals surface area contributed by atoms with Crippen molar-refractivity contribution in [2.24, 2.45) is 5.92 Å². The third-order valence-electron chi connectivity index (χ3n) is 5.46. The van der Waals surface area contributed by atoms with Crippen LogP contribution in [-0.2, 0) is 5.54 Å². The SMILES string of the molecule is Cc1nc(C(C)(CC2CC2)NC(=O)c2ccc(C3CC3)c(OCC(F)I)c2)no1. The highest BCUT2D eigenvalue weighted by Gasteiger charge is 2.39. The highest BCUT2D eigenvalue weighted by atomic mass is 127. The van der Waals surface area contributed by atoms with Gasteiger partial charge in [0, 0.05) is 12.5 Å². The highest BCUT2D eigenvalue weighted by Crippen LogP contribution is 2.45. The number of hydrogen-bond acceptors (Lipinski definition) is 5. The van der Waals surface area contributed by atoms with Crippen molar-refractivity contribution in [3.8, 4) is 5.75 Å². The van der Waals surface area contributed by atoms with Crippen LogP contribution in [0.5, 0.6) is 5.75 Å². The van der Waals surface area contributed by atoms with Crippen LogP contribution in [0.3, 0.4) is 0 Å². The van der Waals surface area contributed by atoms with Gasteiger partial charge in [0.2, 0.25) is 5.89 Å². The van der Waals surface area contributed by atoms with Crippen molar-refractivity contribution >= 4 is 28.5 Å². The summed E-state index contributed by atoms with van der Waals surface area (Å²) in [7, 11) is 0. The molecule has 2 aliphatic carbocycles. The average Bonchev–Trinajstić information content (AvgIpc) is 3.60. The van der Waals surface area contributed by atoms with Crippen LogP contribution in [0.4, 0.5) is 4.39 Å². The molecular weight excluding hydrogens is 488 g/mol. The Morgan fingerprint density at radius 3 is 2.76 bits per heavy atom. The van der Waals surface area contributed by atoms with E-state index < -0.39 is 9.72 Å². The fraction of sp³-hybridized carbons (Fsp3) is 0.571. The summed E-state index contributed by atoms with van der Waals surface area (Å²) in [4.78, 5) is 17.5. The maximum atomic E-state index is 13.3. The Hall–Kier alpha value is -1.71. The first kappa shape index (κ1) is 20.6. The van der Waals surface area contributed by atoms with E-state index in [1.807, 2.05) is 19.1 Å². The van der Waals surface area contributed by atoms with E-state index in [1.54, 1.807) is 35.6 Å². The highest BCUT2D eigenvalue weighted by molar-refractivity contribution is 14.1. The van der Waals surface area contributed by atoms with Gasteiger partial charge in [0.25, 0.3) is 5.91 Å². The van der Waals surface area contributed by atoms with Crippen LogP contribution in [0.2, 0.25) is 0 Å². The second-order valence-corrected chi connectivity index (χ2v) is 9.65. The van der Waals surface area contributed by atoms with Gasteiger partial charge in [-0.05, 0) is 78.3 Å². The van der Waals surface area contributed by atoms with Crippen molar-refractivity contribution in [3.05, 3.63) is 41.0 Å². The average molecular weight is 513 g/mol. The molecule has 0 aliphatic heterocycles. The Labute approximate surface area is 183 Å². The summed E-state index contributed by atoms with van der Waals surface area (Å²) in [6.07, 6.45) is 5.26. The lowest BCUT2D eigenvalue weighted by atomic mass is 9.93. The molecule has 2 unspecified atom stereocenters. The predicted molar refractivity (Wildman–Crippen MR) is 114 cm³/mol. The number of hydrogen-bond donors (Lipinski definition) is 1. The molecule has 1 N–H and O–H groups in total. The van der Waals surface area contributed by atoms with E-state index in [2.05, 4.69) is 15.5 Å². The molecule has 1 aromatic heterocycles. The molecule has 0 radical (unpaired) electrons. The second kappa shape index (κ2) is 8.20. The van der Waals surface area contributed by atoms with Gasteiger partial charge < -0.3 is 14.6 Å². The molecule has 4 rings (SSSR count). The number of benzene rings is 1. The molecule has 2 saturated carbocycles. The maximum Gasteiger partial charge on any atom is 0.252 e. The van der Waals surface area contributed by atoms with E-state index in [0.717, 1.165) is 37.7 Å². The Kier molecular flexibility index (Phi) is 5.81. The van der Waals surface area contributed by atoms with Crippen LogP contribution in [0, 0.1) is 12.8 Å². The number of amides is 1. The largest absolute Gasteiger partial charge is 0.489 e. The van der Waals surface area contributed by atoms with Crippen LogP contribution in [-0.4, -0.2) is 26.8 Å². The van der Waals surface area contributed by atoms with Crippen molar-refractivity contribution in [3.63, 3.8) is 0 Å². The molecule has 2 aromatic rings. The lowest BCUT2D eigenvalue weighted by Gasteiger charge is -2.28. The zero-order valence-electron chi connectivity index (χ0n) is 16.6. The number of rotatable bonds is 9. The molecule has 0 bridgehead atoms. The minimum Gasteiger partial charge on any atom is -0.489 e. The van der Waals surface area contributed by atoms with Gasteiger partial charge in [-0.15, -0.1) is 0 Å². The number of aryl methyl sites for hydroxylation is 1. The predicted octanol–water partition coefficient (Wildman–Crippen LogP) is 4.81. The molecule has 0 spiro atoms. The minimum atomic E-state index is -1.10. The third-order valence-corrected chi connectivity index (χ3v) is 5.82. The summed E-state index contributed by atoms with van der Waals surface area (Å²) in [6, 6.07) is 5.46. The standard InChI is InChI=1S/C21H25FIN3O3/c1-12-24-20(26-29-12)21(2,10-13-3-4-13)25-19(27)15-7-8-16(14-5-6-14)17(9-15)28-11-18(22)23/h7-9,13-14,18H,3-6,10-11H2,1-2H3,(H,25,27). The lowest BCUT2D eigenvalue weighted by Crippen LogP contribution is -2.44. The summed E-state index contributed by atoms with van der Waals surface area (Å²) in [5.74, 6) is 2.33. The first-order valence-corrected chi connectivity index (χ1v) is 11.3. The third kappa shape index (κ3) is 5.07. The zero-order chi connectivity index (χ0) is 20.6. The minimum absolute atomic E-state index is 0.0348. The van der Waals surface area contributed by atoms with Crippen LogP contribution >= 0.6 is 22.6 Å². The van der Waals surface area contributed by atoms with Crippen molar-refractivity contribution in [2.75, 3.05) is 6.61 Å². The molecule has 156 valence electrons. The van der Waals surface area contributed by atoms with Crippen LogP contribution in [0.25, 0.3) is 0 Å². The van der Waals surface area contributed by atoms with Crippen molar-refractivity contribution in [1.82, 2.24) is 15.5 Å². The van der Waals surface area contributed by atoms with Crippen molar-refractivity contribution in [1.29, 1.82) is 0 Å². The molecule has 8 heteroatoms. The molecule has 1 amide bonds. The monoisotopic (exact) mass is 513 g/mol. The normalized spacial score (nSPS) is 19.4. The van der Waals surface area contributed by atoms with Gasteiger partial charge >= 0.3 is 0 Å². The van der Waals surface area contributed by atoms with E-state index >= 15 is 0 Å². The molecular formula is C21H25FIN3O3. The molecule has 2 atom stereocenters.